The fraction of sp³-hybridized carbons (Fsp3) is 0.560. The second-order valence-electron chi connectivity index (χ2n) is 10.3. The van der Waals surface area contributed by atoms with Crippen LogP contribution in [0.4, 0.5) is 10.6 Å². The Bertz CT molecular complexity index is 1030. The van der Waals surface area contributed by atoms with Crippen molar-refractivity contribution in [2.45, 2.75) is 57.7 Å². The molecule has 2 aliphatic rings. The largest absolute Gasteiger partial charge is 0.354 e. The molecule has 3 heterocycles. The fourth-order valence-electron chi connectivity index (χ4n) is 4.82. The average Bonchev–Trinajstić information content (AvgIpc) is 2.81. The van der Waals surface area contributed by atoms with Crippen molar-refractivity contribution >= 4 is 11.8 Å². The van der Waals surface area contributed by atoms with E-state index in [2.05, 4.69) is 15.2 Å². The zero-order valence-corrected chi connectivity index (χ0v) is 20.2. The number of hydrogen-bond acceptors (Lipinski definition) is 6. The molecular weight excluding hydrogens is 430 g/mol. The normalized spacial score (nSPS) is 18.8. The minimum absolute atomic E-state index is 0.235. The number of nitrogens with zero attached hydrogens (tertiary/aromatic N) is 4. The van der Waals surface area contributed by atoms with E-state index in [1.807, 2.05) is 38.1 Å². The summed E-state index contributed by atoms with van der Waals surface area (Å²) in [7, 11) is 0. The summed E-state index contributed by atoms with van der Waals surface area (Å²) in [6.45, 7) is 8.27. The number of urea groups is 1. The average molecular weight is 468 g/mol. The van der Waals surface area contributed by atoms with Crippen molar-refractivity contribution in [3.05, 3.63) is 52.6 Å². The molecule has 2 aromatic rings. The zero-order valence-electron chi connectivity index (χ0n) is 20.2. The number of carbonyl (C=O) groups excluding carboxylic acids is 1. The zero-order chi connectivity index (χ0) is 24.3. The fourth-order valence-corrected chi connectivity index (χ4v) is 4.82. The minimum Gasteiger partial charge on any atom is -0.328 e. The van der Waals surface area contributed by atoms with Gasteiger partial charge in [0.05, 0.1) is 5.69 Å². The van der Waals surface area contributed by atoms with Gasteiger partial charge in [0.1, 0.15) is 5.82 Å². The molecule has 1 aromatic carbocycles. The summed E-state index contributed by atoms with van der Waals surface area (Å²) in [5.74, 6) is 0.649. The SMILES string of the molecule is CC(C)(N)C1CCN(C(=O)Nc2ccn(-c3ccc(CN4CCC(N)CC4)cc3)c(=O)n2)CC1. The second kappa shape index (κ2) is 10.2. The summed E-state index contributed by atoms with van der Waals surface area (Å²) >= 11 is 0. The maximum atomic E-state index is 12.6. The summed E-state index contributed by atoms with van der Waals surface area (Å²) < 4.78 is 1.48. The quantitative estimate of drug-likeness (QED) is 0.619. The Balaban J connectivity index is 1.34. The van der Waals surface area contributed by atoms with Gasteiger partial charge in [0.25, 0.3) is 0 Å². The standard InChI is InChI=1S/C25H37N7O2/c1-25(2,27)19-7-14-31(15-8-19)23(33)28-22-11-16-32(24(34)29-22)21-5-3-18(4-6-21)17-30-12-9-20(26)10-13-30/h3-6,11,16,19-20H,7-10,12-15,17,26-27H2,1-2H3,(H,28,29,33,34). The van der Waals surface area contributed by atoms with E-state index in [0.717, 1.165) is 51.0 Å². The molecule has 0 unspecified atom stereocenters. The molecule has 0 aliphatic carbocycles. The molecule has 184 valence electrons. The second-order valence-corrected chi connectivity index (χ2v) is 10.3. The number of benzene rings is 1. The van der Waals surface area contributed by atoms with Crippen LogP contribution in [0.5, 0.6) is 0 Å². The molecule has 0 atom stereocenters. The highest BCUT2D eigenvalue weighted by Crippen LogP contribution is 2.26. The van der Waals surface area contributed by atoms with Crippen molar-refractivity contribution < 1.29 is 4.79 Å². The molecule has 0 radical (unpaired) electrons. The van der Waals surface area contributed by atoms with Crippen LogP contribution in [-0.4, -0.2) is 63.1 Å². The first-order chi connectivity index (χ1) is 16.2. The van der Waals surface area contributed by atoms with Crippen LogP contribution in [0.3, 0.4) is 0 Å². The number of nitrogens with two attached hydrogens (primary N) is 2. The number of piperidine rings is 2. The van der Waals surface area contributed by atoms with Gasteiger partial charge in [0.2, 0.25) is 0 Å². The van der Waals surface area contributed by atoms with Crippen LogP contribution in [-0.2, 0) is 6.54 Å². The van der Waals surface area contributed by atoms with Crippen LogP contribution in [0.2, 0.25) is 0 Å². The van der Waals surface area contributed by atoms with Gasteiger partial charge < -0.3 is 16.4 Å². The first-order valence-corrected chi connectivity index (χ1v) is 12.2. The Kier molecular flexibility index (Phi) is 7.35. The van der Waals surface area contributed by atoms with Crippen LogP contribution in [0.15, 0.2) is 41.3 Å². The van der Waals surface area contributed by atoms with Crippen molar-refractivity contribution in [3.63, 3.8) is 0 Å². The molecule has 0 bridgehead atoms. The molecule has 1 aromatic heterocycles. The highest BCUT2D eigenvalue weighted by molar-refractivity contribution is 5.88. The van der Waals surface area contributed by atoms with Crippen LogP contribution >= 0.6 is 0 Å². The molecule has 2 saturated heterocycles. The summed E-state index contributed by atoms with van der Waals surface area (Å²) in [6, 6.07) is 9.67. The molecule has 9 heteroatoms. The van der Waals surface area contributed by atoms with Gasteiger partial charge >= 0.3 is 11.7 Å². The van der Waals surface area contributed by atoms with Crippen LogP contribution in [0.1, 0.15) is 45.1 Å². The van der Waals surface area contributed by atoms with Gasteiger partial charge in [-0.05, 0) is 82.3 Å². The van der Waals surface area contributed by atoms with E-state index in [1.165, 1.54) is 10.1 Å². The summed E-state index contributed by atoms with van der Waals surface area (Å²) in [6.07, 6.45) is 5.45. The van der Waals surface area contributed by atoms with Crippen molar-refractivity contribution in [1.29, 1.82) is 0 Å². The predicted octanol–water partition coefficient (Wildman–Crippen LogP) is 2.14. The minimum atomic E-state index is -0.431. The number of carbonyl (C=O) groups is 1. The van der Waals surface area contributed by atoms with Crippen LogP contribution < -0.4 is 22.5 Å². The van der Waals surface area contributed by atoms with Gasteiger partial charge in [-0.15, -0.1) is 0 Å². The molecule has 2 amide bonds. The Hall–Kier alpha value is -2.75. The third-order valence-electron chi connectivity index (χ3n) is 7.13. The maximum absolute atomic E-state index is 12.6. The molecule has 0 spiro atoms. The van der Waals surface area contributed by atoms with Crippen molar-refractivity contribution in [2.75, 3.05) is 31.5 Å². The highest BCUT2D eigenvalue weighted by atomic mass is 16.2. The molecule has 2 aliphatic heterocycles. The molecule has 4 rings (SSSR count). The Morgan fingerprint density at radius 1 is 1.06 bits per heavy atom. The van der Waals surface area contributed by atoms with Crippen molar-refractivity contribution in [1.82, 2.24) is 19.4 Å². The molecule has 34 heavy (non-hydrogen) atoms. The van der Waals surface area contributed by atoms with E-state index in [1.54, 1.807) is 17.2 Å². The van der Waals surface area contributed by atoms with Gasteiger partial charge in [0, 0.05) is 37.4 Å². The number of nitrogens with one attached hydrogen (secondary N) is 1. The third kappa shape index (κ3) is 6.02. The molecular formula is C25H37N7O2. The van der Waals surface area contributed by atoms with E-state index in [9.17, 15) is 9.59 Å². The summed E-state index contributed by atoms with van der Waals surface area (Å²) in [4.78, 5) is 33.5. The van der Waals surface area contributed by atoms with Crippen LogP contribution in [0, 0.1) is 5.92 Å². The Morgan fingerprint density at radius 3 is 2.29 bits per heavy atom. The number of rotatable bonds is 5. The number of likely N-dealkylation sites (tertiary alicyclic amines) is 2. The lowest BCUT2D eigenvalue weighted by Crippen LogP contribution is -2.49. The topological polar surface area (TPSA) is 123 Å². The molecule has 9 nitrogen and oxygen atoms in total. The first-order valence-electron chi connectivity index (χ1n) is 12.2. The molecule has 0 saturated carbocycles. The molecule has 2 fully saturated rings. The van der Waals surface area contributed by atoms with Gasteiger partial charge in [-0.1, -0.05) is 12.1 Å². The lowest BCUT2D eigenvalue weighted by Gasteiger charge is -2.38. The van der Waals surface area contributed by atoms with Crippen LogP contribution in [0.25, 0.3) is 5.69 Å². The van der Waals surface area contributed by atoms with Crippen molar-refractivity contribution in [2.24, 2.45) is 17.4 Å². The van der Waals surface area contributed by atoms with E-state index >= 15 is 0 Å². The maximum Gasteiger partial charge on any atom is 0.354 e. The predicted molar refractivity (Wildman–Crippen MR) is 134 cm³/mol. The van der Waals surface area contributed by atoms with E-state index in [4.69, 9.17) is 11.5 Å². The highest BCUT2D eigenvalue weighted by Gasteiger charge is 2.31. The molecule has 5 N–H and O–H groups in total. The van der Waals surface area contributed by atoms with E-state index in [0.29, 0.717) is 25.0 Å². The third-order valence-corrected chi connectivity index (χ3v) is 7.13. The number of hydrogen-bond donors (Lipinski definition) is 3. The number of amides is 2. The van der Waals surface area contributed by atoms with E-state index in [-0.39, 0.29) is 17.4 Å². The van der Waals surface area contributed by atoms with E-state index < -0.39 is 5.69 Å². The number of anilines is 1. The monoisotopic (exact) mass is 467 g/mol. The summed E-state index contributed by atoms with van der Waals surface area (Å²) in [5, 5.41) is 2.76. The van der Waals surface area contributed by atoms with Gasteiger partial charge in [-0.3, -0.25) is 14.8 Å². The number of aromatic nitrogens is 2. The van der Waals surface area contributed by atoms with Gasteiger partial charge in [-0.25, -0.2) is 9.59 Å². The lowest BCUT2D eigenvalue weighted by molar-refractivity contribution is 0.156. The smallest absolute Gasteiger partial charge is 0.328 e. The van der Waals surface area contributed by atoms with Crippen molar-refractivity contribution in [3.8, 4) is 5.69 Å². The van der Waals surface area contributed by atoms with Gasteiger partial charge in [0.15, 0.2) is 0 Å². The lowest BCUT2D eigenvalue weighted by atomic mass is 9.81. The van der Waals surface area contributed by atoms with Gasteiger partial charge in [-0.2, -0.15) is 4.98 Å². The summed E-state index contributed by atoms with van der Waals surface area (Å²) in [5.41, 5.74) is 13.5. The first kappa shape index (κ1) is 24.4. The Morgan fingerprint density at radius 2 is 1.71 bits per heavy atom. The Labute approximate surface area is 201 Å².